The van der Waals surface area contributed by atoms with E-state index in [0.717, 1.165) is 25.7 Å². The van der Waals surface area contributed by atoms with Crippen LogP contribution in [0.2, 0.25) is 0 Å². The van der Waals surface area contributed by atoms with Crippen molar-refractivity contribution < 1.29 is 9.90 Å². The summed E-state index contributed by atoms with van der Waals surface area (Å²) in [6.45, 7) is 0.819. The molecule has 1 aromatic heterocycles. The number of nitrogens with zero attached hydrogens (tertiary/aromatic N) is 2. The summed E-state index contributed by atoms with van der Waals surface area (Å²) in [4.78, 5) is 11.7. The van der Waals surface area contributed by atoms with Crippen LogP contribution >= 0.6 is 0 Å². The van der Waals surface area contributed by atoms with E-state index in [2.05, 4.69) is 10.4 Å². The normalized spacial score (nSPS) is 23.8. The van der Waals surface area contributed by atoms with Crippen LogP contribution in [0.25, 0.3) is 0 Å². The molecular formula is C12H20N4O2. The molecule has 2 rings (SSSR count). The van der Waals surface area contributed by atoms with Gasteiger partial charge in [0.2, 0.25) is 5.91 Å². The average Bonchev–Trinajstić information content (AvgIpc) is 2.72. The van der Waals surface area contributed by atoms with Crippen molar-refractivity contribution in [2.45, 2.75) is 38.3 Å². The Morgan fingerprint density at radius 3 is 3.11 bits per heavy atom. The molecule has 0 saturated heterocycles. The Bertz CT molecular complexity index is 405. The number of hydrogen-bond acceptors (Lipinski definition) is 4. The zero-order valence-electron chi connectivity index (χ0n) is 10.4. The molecule has 4 N–H and O–H groups in total. The van der Waals surface area contributed by atoms with Crippen molar-refractivity contribution in [2.75, 3.05) is 12.3 Å². The third-order valence-electron chi connectivity index (χ3n) is 3.31. The lowest BCUT2D eigenvalue weighted by Crippen LogP contribution is -2.34. The van der Waals surface area contributed by atoms with Gasteiger partial charge in [-0.3, -0.25) is 9.48 Å². The lowest BCUT2D eigenvalue weighted by Gasteiger charge is -2.25. The Labute approximate surface area is 106 Å². The van der Waals surface area contributed by atoms with Gasteiger partial charge in [-0.25, -0.2) is 0 Å². The molecule has 1 heterocycles. The van der Waals surface area contributed by atoms with E-state index in [4.69, 9.17) is 5.73 Å². The largest absolute Gasteiger partial charge is 0.393 e. The Kier molecular flexibility index (Phi) is 4.19. The van der Waals surface area contributed by atoms with E-state index in [1.165, 1.54) is 4.68 Å². The van der Waals surface area contributed by atoms with Gasteiger partial charge < -0.3 is 16.2 Å². The molecule has 100 valence electrons. The lowest BCUT2D eigenvalue weighted by molar-refractivity contribution is -0.122. The molecule has 0 spiro atoms. The standard InChI is InChI=1S/C12H20N4O2/c13-11-4-5-16(15-11)8-12(18)14-7-9-2-1-3-10(17)6-9/h4-5,9-10,17H,1-3,6-8H2,(H2,13,15)(H,14,18). The summed E-state index contributed by atoms with van der Waals surface area (Å²) in [5, 5.41) is 16.4. The number of carbonyl (C=O) groups is 1. The smallest absolute Gasteiger partial charge is 0.241 e. The Morgan fingerprint density at radius 1 is 1.61 bits per heavy atom. The SMILES string of the molecule is Nc1ccn(CC(=O)NCC2CCCC(O)C2)n1. The van der Waals surface area contributed by atoms with Crippen LogP contribution in [-0.4, -0.2) is 33.4 Å². The number of aliphatic hydroxyl groups is 1. The minimum atomic E-state index is -0.202. The van der Waals surface area contributed by atoms with Gasteiger partial charge in [0, 0.05) is 12.7 Å². The molecule has 0 aromatic carbocycles. The van der Waals surface area contributed by atoms with Crippen molar-refractivity contribution in [3.05, 3.63) is 12.3 Å². The molecule has 1 saturated carbocycles. The van der Waals surface area contributed by atoms with Crippen molar-refractivity contribution in [1.29, 1.82) is 0 Å². The first-order chi connectivity index (χ1) is 8.63. The number of nitrogens with one attached hydrogen (secondary N) is 1. The van der Waals surface area contributed by atoms with Crippen LogP contribution in [-0.2, 0) is 11.3 Å². The summed E-state index contributed by atoms with van der Waals surface area (Å²) < 4.78 is 1.51. The number of nitrogen functional groups attached to an aromatic ring is 1. The van der Waals surface area contributed by atoms with Gasteiger partial charge in [-0.15, -0.1) is 0 Å². The fourth-order valence-electron chi connectivity index (χ4n) is 2.37. The predicted octanol–water partition coefficient (Wildman–Crippen LogP) is 0.133. The number of amides is 1. The van der Waals surface area contributed by atoms with Gasteiger partial charge >= 0.3 is 0 Å². The van der Waals surface area contributed by atoms with Crippen LogP contribution < -0.4 is 11.1 Å². The molecule has 2 unspecified atom stereocenters. The number of hydrogen-bond donors (Lipinski definition) is 3. The van der Waals surface area contributed by atoms with E-state index in [1.807, 2.05) is 0 Å². The molecule has 6 nitrogen and oxygen atoms in total. The van der Waals surface area contributed by atoms with E-state index < -0.39 is 0 Å². The molecule has 18 heavy (non-hydrogen) atoms. The Hall–Kier alpha value is -1.56. The van der Waals surface area contributed by atoms with Crippen LogP contribution in [0.1, 0.15) is 25.7 Å². The monoisotopic (exact) mass is 252 g/mol. The Morgan fingerprint density at radius 2 is 2.44 bits per heavy atom. The summed E-state index contributed by atoms with van der Waals surface area (Å²) in [7, 11) is 0. The van der Waals surface area contributed by atoms with Crippen LogP contribution in [0.4, 0.5) is 5.82 Å². The molecule has 1 aromatic rings. The van der Waals surface area contributed by atoms with Crippen LogP contribution in [0, 0.1) is 5.92 Å². The second-order valence-electron chi connectivity index (χ2n) is 4.93. The molecule has 2 atom stereocenters. The first-order valence-electron chi connectivity index (χ1n) is 6.37. The highest BCUT2D eigenvalue weighted by Gasteiger charge is 2.20. The van der Waals surface area contributed by atoms with Crippen molar-refractivity contribution in [1.82, 2.24) is 15.1 Å². The molecule has 1 aliphatic rings. The number of aromatic nitrogens is 2. The van der Waals surface area contributed by atoms with E-state index >= 15 is 0 Å². The van der Waals surface area contributed by atoms with Crippen LogP contribution in [0.5, 0.6) is 0 Å². The third-order valence-corrected chi connectivity index (χ3v) is 3.31. The van der Waals surface area contributed by atoms with Gasteiger partial charge in [-0.1, -0.05) is 6.42 Å². The van der Waals surface area contributed by atoms with E-state index in [-0.39, 0.29) is 18.6 Å². The number of aliphatic hydroxyl groups excluding tert-OH is 1. The molecular weight excluding hydrogens is 232 g/mol. The second kappa shape index (κ2) is 5.86. The van der Waals surface area contributed by atoms with Gasteiger partial charge in [-0.2, -0.15) is 5.10 Å². The third kappa shape index (κ3) is 3.73. The van der Waals surface area contributed by atoms with Crippen LogP contribution in [0.3, 0.4) is 0 Å². The predicted molar refractivity (Wildman–Crippen MR) is 67.6 cm³/mol. The molecule has 0 aliphatic heterocycles. The van der Waals surface area contributed by atoms with Gasteiger partial charge in [0.25, 0.3) is 0 Å². The molecule has 1 fully saturated rings. The van der Waals surface area contributed by atoms with E-state index in [0.29, 0.717) is 18.3 Å². The molecule has 6 heteroatoms. The maximum atomic E-state index is 11.7. The summed E-state index contributed by atoms with van der Waals surface area (Å²) in [6, 6.07) is 1.66. The highest BCUT2D eigenvalue weighted by molar-refractivity contribution is 5.75. The minimum absolute atomic E-state index is 0.0711. The topological polar surface area (TPSA) is 93.2 Å². The van der Waals surface area contributed by atoms with Crippen molar-refractivity contribution >= 4 is 11.7 Å². The number of rotatable bonds is 4. The number of carbonyl (C=O) groups excluding carboxylic acids is 1. The fraction of sp³-hybridized carbons (Fsp3) is 0.667. The molecule has 1 aliphatic carbocycles. The highest BCUT2D eigenvalue weighted by Crippen LogP contribution is 2.23. The summed E-state index contributed by atoms with van der Waals surface area (Å²) in [6.07, 6.45) is 5.26. The van der Waals surface area contributed by atoms with Crippen molar-refractivity contribution in [2.24, 2.45) is 5.92 Å². The highest BCUT2D eigenvalue weighted by atomic mass is 16.3. The summed E-state index contributed by atoms with van der Waals surface area (Å²) >= 11 is 0. The van der Waals surface area contributed by atoms with Crippen molar-refractivity contribution in [3.8, 4) is 0 Å². The molecule has 0 radical (unpaired) electrons. The molecule has 0 bridgehead atoms. The van der Waals surface area contributed by atoms with Crippen LogP contribution in [0.15, 0.2) is 12.3 Å². The maximum Gasteiger partial charge on any atom is 0.241 e. The zero-order chi connectivity index (χ0) is 13.0. The summed E-state index contributed by atoms with van der Waals surface area (Å²) in [5.41, 5.74) is 5.47. The first kappa shape index (κ1) is 12.9. The molecule has 1 amide bonds. The minimum Gasteiger partial charge on any atom is -0.393 e. The lowest BCUT2D eigenvalue weighted by atomic mass is 9.87. The van der Waals surface area contributed by atoms with Crippen molar-refractivity contribution in [3.63, 3.8) is 0 Å². The zero-order valence-corrected chi connectivity index (χ0v) is 10.4. The van der Waals surface area contributed by atoms with E-state index in [9.17, 15) is 9.90 Å². The second-order valence-corrected chi connectivity index (χ2v) is 4.93. The fourth-order valence-corrected chi connectivity index (χ4v) is 2.37. The van der Waals surface area contributed by atoms with E-state index in [1.54, 1.807) is 12.3 Å². The van der Waals surface area contributed by atoms with Gasteiger partial charge in [-0.05, 0) is 31.2 Å². The average molecular weight is 252 g/mol. The van der Waals surface area contributed by atoms with Gasteiger partial charge in [0.15, 0.2) is 0 Å². The first-order valence-corrected chi connectivity index (χ1v) is 6.37. The number of nitrogens with two attached hydrogens (primary N) is 1. The number of anilines is 1. The maximum absolute atomic E-state index is 11.7. The van der Waals surface area contributed by atoms with Gasteiger partial charge in [0.05, 0.1) is 6.10 Å². The van der Waals surface area contributed by atoms with Gasteiger partial charge in [0.1, 0.15) is 12.4 Å². The quantitative estimate of drug-likeness (QED) is 0.710. The summed E-state index contributed by atoms with van der Waals surface area (Å²) in [5.74, 6) is 0.733. The Balaban J connectivity index is 1.71.